The second kappa shape index (κ2) is 5.10. The molecule has 0 aliphatic heterocycles. The van der Waals surface area contributed by atoms with Gasteiger partial charge in [0.15, 0.2) is 0 Å². The first kappa shape index (κ1) is 12.9. The molecule has 0 radical (unpaired) electrons. The lowest BCUT2D eigenvalue weighted by Crippen LogP contribution is -2.03. The zero-order chi connectivity index (χ0) is 14.1. The molecule has 1 N–H and O–H groups in total. The molecule has 102 valence electrons. The molecule has 3 rings (SSSR count). The minimum atomic E-state index is -0.582. The van der Waals surface area contributed by atoms with E-state index in [0.717, 1.165) is 33.7 Å². The molecule has 3 aromatic rings. The van der Waals surface area contributed by atoms with Crippen LogP contribution in [0.2, 0.25) is 0 Å². The molecule has 1 atom stereocenters. The van der Waals surface area contributed by atoms with Gasteiger partial charge in [-0.2, -0.15) is 0 Å². The molecule has 0 aliphatic rings. The third-order valence-corrected chi connectivity index (χ3v) is 3.50. The standard InChI is InChI=1S/C17H17NO2/c1-11-9-15(12(2)20-11)17(19)10-14-8-7-13-5-3-4-6-16(13)18-14/h3-9,17,19H,10H2,1-2H3. The SMILES string of the molecule is Cc1cc(C(O)Cc2ccc3ccccc3n2)c(C)o1. The number of hydrogen-bond acceptors (Lipinski definition) is 3. The first-order valence-electron chi connectivity index (χ1n) is 6.73. The van der Waals surface area contributed by atoms with Crippen molar-refractivity contribution < 1.29 is 9.52 Å². The summed E-state index contributed by atoms with van der Waals surface area (Å²) < 4.78 is 5.46. The van der Waals surface area contributed by atoms with E-state index in [4.69, 9.17) is 4.42 Å². The zero-order valence-corrected chi connectivity index (χ0v) is 11.6. The van der Waals surface area contributed by atoms with Gasteiger partial charge in [0, 0.05) is 23.1 Å². The van der Waals surface area contributed by atoms with E-state index in [1.807, 2.05) is 56.3 Å². The topological polar surface area (TPSA) is 46.3 Å². The summed E-state index contributed by atoms with van der Waals surface area (Å²) in [6.07, 6.45) is -0.0916. The smallest absolute Gasteiger partial charge is 0.106 e. The van der Waals surface area contributed by atoms with Gasteiger partial charge in [-0.05, 0) is 32.0 Å². The Labute approximate surface area is 117 Å². The average Bonchev–Trinajstić information content (AvgIpc) is 2.78. The van der Waals surface area contributed by atoms with Gasteiger partial charge in [0.2, 0.25) is 0 Å². The minimum absolute atomic E-state index is 0.491. The van der Waals surface area contributed by atoms with Crippen molar-refractivity contribution in [3.05, 3.63) is 65.2 Å². The summed E-state index contributed by atoms with van der Waals surface area (Å²) in [7, 11) is 0. The van der Waals surface area contributed by atoms with Crippen molar-refractivity contribution in [1.29, 1.82) is 0 Å². The lowest BCUT2D eigenvalue weighted by atomic mass is 10.0. The number of fused-ring (bicyclic) bond motifs is 1. The number of nitrogens with zero attached hydrogens (tertiary/aromatic N) is 1. The van der Waals surface area contributed by atoms with Gasteiger partial charge in [-0.15, -0.1) is 0 Å². The largest absolute Gasteiger partial charge is 0.466 e. The van der Waals surface area contributed by atoms with E-state index in [2.05, 4.69) is 4.98 Å². The van der Waals surface area contributed by atoms with Crippen LogP contribution in [0.5, 0.6) is 0 Å². The van der Waals surface area contributed by atoms with Crippen molar-refractivity contribution >= 4 is 10.9 Å². The highest BCUT2D eigenvalue weighted by Crippen LogP contribution is 2.24. The van der Waals surface area contributed by atoms with Gasteiger partial charge in [-0.3, -0.25) is 4.98 Å². The van der Waals surface area contributed by atoms with E-state index in [0.29, 0.717) is 6.42 Å². The molecule has 1 unspecified atom stereocenters. The van der Waals surface area contributed by atoms with E-state index in [1.54, 1.807) is 0 Å². The summed E-state index contributed by atoms with van der Waals surface area (Å²) in [6, 6.07) is 13.9. The molecule has 0 aliphatic carbocycles. The van der Waals surface area contributed by atoms with Gasteiger partial charge in [0.1, 0.15) is 11.5 Å². The molecule has 0 amide bonds. The van der Waals surface area contributed by atoms with Crippen molar-refractivity contribution in [2.45, 2.75) is 26.4 Å². The second-order valence-corrected chi connectivity index (χ2v) is 5.08. The summed E-state index contributed by atoms with van der Waals surface area (Å²) >= 11 is 0. The number of aryl methyl sites for hydroxylation is 2. The number of para-hydroxylation sites is 1. The third-order valence-electron chi connectivity index (χ3n) is 3.50. The average molecular weight is 267 g/mol. The number of aliphatic hydroxyl groups is 1. The van der Waals surface area contributed by atoms with E-state index < -0.39 is 6.10 Å². The van der Waals surface area contributed by atoms with Crippen LogP contribution in [0.4, 0.5) is 0 Å². The highest BCUT2D eigenvalue weighted by molar-refractivity contribution is 5.78. The molecular formula is C17H17NO2. The van der Waals surface area contributed by atoms with Crippen LogP contribution in [0.3, 0.4) is 0 Å². The molecule has 0 bridgehead atoms. The Morgan fingerprint density at radius 2 is 1.95 bits per heavy atom. The fourth-order valence-corrected chi connectivity index (χ4v) is 2.51. The van der Waals surface area contributed by atoms with Crippen LogP contribution in [0.25, 0.3) is 10.9 Å². The maximum Gasteiger partial charge on any atom is 0.106 e. The molecular weight excluding hydrogens is 250 g/mol. The van der Waals surface area contributed by atoms with Gasteiger partial charge in [0.05, 0.1) is 11.6 Å². The fraction of sp³-hybridized carbons (Fsp3) is 0.235. The number of pyridine rings is 1. The van der Waals surface area contributed by atoms with Gasteiger partial charge in [-0.25, -0.2) is 0 Å². The number of aromatic nitrogens is 1. The molecule has 0 saturated carbocycles. The molecule has 3 heteroatoms. The molecule has 20 heavy (non-hydrogen) atoms. The Balaban J connectivity index is 1.87. The number of benzene rings is 1. The Hall–Kier alpha value is -2.13. The molecule has 3 nitrogen and oxygen atoms in total. The molecule has 0 fully saturated rings. The van der Waals surface area contributed by atoms with Crippen molar-refractivity contribution in [3.63, 3.8) is 0 Å². The fourth-order valence-electron chi connectivity index (χ4n) is 2.51. The number of rotatable bonds is 3. The normalized spacial score (nSPS) is 12.8. The van der Waals surface area contributed by atoms with E-state index in [1.165, 1.54) is 0 Å². The molecule has 0 saturated heterocycles. The Bertz CT molecular complexity index is 746. The summed E-state index contributed by atoms with van der Waals surface area (Å²) in [5, 5.41) is 11.5. The Morgan fingerprint density at radius 3 is 2.70 bits per heavy atom. The molecule has 2 aromatic heterocycles. The predicted molar refractivity (Wildman–Crippen MR) is 78.6 cm³/mol. The van der Waals surface area contributed by atoms with Crippen LogP contribution in [0.1, 0.15) is 28.9 Å². The van der Waals surface area contributed by atoms with Crippen molar-refractivity contribution in [2.75, 3.05) is 0 Å². The Kier molecular flexibility index (Phi) is 3.28. The molecule has 0 spiro atoms. The number of aliphatic hydroxyl groups excluding tert-OH is 1. The third kappa shape index (κ3) is 2.45. The van der Waals surface area contributed by atoms with Crippen LogP contribution in [0.15, 0.2) is 46.9 Å². The Morgan fingerprint density at radius 1 is 1.15 bits per heavy atom. The van der Waals surface area contributed by atoms with Crippen LogP contribution >= 0.6 is 0 Å². The van der Waals surface area contributed by atoms with Gasteiger partial charge in [-0.1, -0.05) is 24.3 Å². The maximum absolute atomic E-state index is 10.3. The quantitative estimate of drug-likeness (QED) is 0.786. The van der Waals surface area contributed by atoms with Crippen LogP contribution in [0, 0.1) is 13.8 Å². The second-order valence-electron chi connectivity index (χ2n) is 5.08. The monoisotopic (exact) mass is 267 g/mol. The summed E-state index contributed by atoms with van der Waals surface area (Å²) in [5.74, 6) is 1.60. The molecule has 2 heterocycles. The van der Waals surface area contributed by atoms with Crippen molar-refractivity contribution in [3.8, 4) is 0 Å². The first-order valence-corrected chi connectivity index (χ1v) is 6.73. The van der Waals surface area contributed by atoms with Gasteiger partial charge in [0.25, 0.3) is 0 Å². The van der Waals surface area contributed by atoms with E-state index in [-0.39, 0.29) is 0 Å². The van der Waals surface area contributed by atoms with Crippen LogP contribution in [-0.2, 0) is 6.42 Å². The zero-order valence-electron chi connectivity index (χ0n) is 11.6. The van der Waals surface area contributed by atoms with Crippen LogP contribution < -0.4 is 0 Å². The first-order chi connectivity index (χ1) is 9.63. The summed E-state index contributed by atoms with van der Waals surface area (Å²) in [6.45, 7) is 3.76. The molecule has 1 aromatic carbocycles. The predicted octanol–water partition coefficient (Wildman–Crippen LogP) is 3.72. The van der Waals surface area contributed by atoms with Gasteiger partial charge >= 0.3 is 0 Å². The summed E-state index contributed by atoms with van der Waals surface area (Å²) in [4.78, 5) is 4.59. The van der Waals surface area contributed by atoms with E-state index in [9.17, 15) is 5.11 Å². The summed E-state index contributed by atoms with van der Waals surface area (Å²) in [5.41, 5.74) is 2.68. The van der Waals surface area contributed by atoms with Crippen molar-refractivity contribution in [2.24, 2.45) is 0 Å². The van der Waals surface area contributed by atoms with E-state index >= 15 is 0 Å². The van der Waals surface area contributed by atoms with Crippen molar-refractivity contribution in [1.82, 2.24) is 4.98 Å². The number of furan rings is 1. The highest BCUT2D eigenvalue weighted by Gasteiger charge is 2.15. The van der Waals surface area contributed by atoms with Gasteiger partial charge < -0.3 is 9.52 Å². The minimum Gasteiger partial charge on any atom is -0.466 e. The maximum atomic E-state index is 10.3. The lowest BCUT2D eigenvalue weighted by Gasteiger charge is -2.09. The van der Waals surface area contributed by atoms with Crippen LogP contribution in [-0.4, -0.2) is 10.1 Å². The highest BCUT2D eigenvalue weighted by atomic mass is 16.3. The lowest BCUT2D eigenvalue weighted by molar-refractivity contribution is 0.175. The number of hydrogen-bond donors (Lipinski definition) is 1.